The Labute approximate surface area is 184 Å². The maximum Gasteiger partial charge on any atom is 0.243 e. The van der Waals surface area contributed by atoms with Gasteiger partial charge in [0.25, 0.3) is 0 Å². The SMILES string of the molecule is C=CCOc1ccccc1CNC(=NC)NCc1ccc(S(=O)(=O)N2CCCC2)cc1. The van der Waals surface area contributed by atoms with E-state index in [0.29, 0.717) is 43.6 Å². The van der Waals surface area contributed by atoms with Crippen LogP contribution in [0.15, 0.2) is 71.1 Å². The molecule has 0 aliphatic carbocycles. The van der Waals surface area contributed by atoms with Gasteiger partial charge in [-0.1, -0.05) is 43.0 Å². The fourth-order valence-electron chi connectivity index (χ4n) is 3.38. The summed E-state index contributed by atoms with van der Waals surface area (Å²) in [6.45, 7) is 6.43. The smallest absolute Gasteiger partial charge is 0.243 e. The number of benzene rings is 2. The van der Waals surface area contributed by atoms with Gasteiger partial charge in [0, 0.05) is 38.8 Å². The van der Waals surface area contributed by atoms with Gasteiger partial charge >= 0.3 is 0 Å². The van der Waals surface area contributed by atoms with Crippen LogP contribution in [0, 0.1) is 0 Å². The molecule has 0 radical (unpaired) electrons. The molecule has 2 aromatic rings. The van der Waals surface area contributed by atoms with Crippen LogP contribution in [0.4, 0.5) is 0 Å². The summed E-state index contributed by atoms with van der Waals surface area (Å²) in [4.78, 5) is 4.60. The molecular weight excluding hydrogens is 412 g/mol. The van der Waals surface area contributed by atoms with Gasteiger partial charge < -0.3 is 15.4 Å². The highest BCUT2D eigenvalue weighted by molar-refractivity contribution is 7.89. The molecule has 0 saturated carbocycles. The molecule has 0 unspecified atom stereocenters. The Kier molecular flexibility index (Phi) is 8.08. The minimum absolute atomic E-state index is 0.344. The third kappa shape index (κ3) is 6.08. The number of ether oxygens (including phenoxy) is 1. The summed E-state index contributed by atoms with van der Waals surface area (Å²) in [5.41, 5.74) is 1.99. The molecule has 1 aliphatic heterocycles. The zero-order chi connectivity index (χ0) is 22.1. The second kappa shape index (κ2) is 11.0. The first-order valence-electron chi connectivity index (χ1n) is 10.4. The molecule has 1 saturated heterocycles. The quantitative estimate of drug-likeness (QED) is 0.354. The minimum atomic E-state index is -3.38. The molecule has 0 amide bonds. The molecule has 1 fully saturated rings. The molecule has 0 aromatic heterocycles. The Bertz CT molecular complexity index is 998. The van der Waals surface area contributed by atoms with E-state index in [2.05, 4.69) is 22.2 Å². The molecule has 8 heteroatoms. The Hall–Kier alpha value is -2.84. The lowest BCUT2D eigenvalue weighted by atomic mass is 10.2. The van der Waals surface area contributed by atoms with E-state index in [4.69, 9.17) is 4.74 Å². The summed E-state index contributed by atoms with van der Waals surface area (Å²) >= 11 is 0. The number of guanidine groups is 1. The first-order valence-corrected chi connectivity index (χ1v) is 11.8. The van der Waals surface area contributed by atoms with Gasteiger partial charge in [0.2, 0.25) is 10.0 Å². The predicted molar refractivity (Wildman–Crippen MR) is 124 cm³/mol. The number of aliphatic imine (C=N–C) groups is 1. The highest BCUT2D eigenvalue weighted by Crippen LogP contribution is 2.21. The second-order valence-corrected chi connectivity index (χ2v) is 9.18. The molecule has 1 aliphatic rings. The zero-order valence-corrected chi connectivity index (χ0v) is 18.7. The Balaban J connectivity index is 1.55. The molecule has 0 spiro atoms. The van der Waals surface area contributed by atoms with E-state index in [1.807, 2.05) is 36.4 Å². The molecule has 0 atom stereocenters. The van der Waals surface area contributed by atoms with Crippen molar-refractivity contribution in [1.29, 1.82) is 0 Å². The monoisotopic (exact) mass is 442 g/mol. The van der Waals surface area contributed by atoms with Gasteiger partial charge in [0.15, 0.2) is 5.96 Å². The van der Waals surface area contributed by atoms with Crippen LogP contribution in [0.3, 0.4) is 0 Å². The average molecular weight is 443 g/mol. The lowest BCUT2D eigenvalue weighted by molar-refractivity contribution is 0.358. The minimum Gasteiger partial charge on any atom is -0.489 e. The van der Waals surface area contributed by atoms with E-state index in [9.17, 15) is 8.42 Å². The Morgan fingerprint density at radius 3 is 2.45 bits per heavy atom. The predicted octanol–water partition coefficient (Wildman–Crippen LogP) is 2.90. The first-order chi connectivity index (χ1) is 15.0. The van der Waals surface area contributed by atoms with Crippen LogP contribution in [0.1, 0.15) is 24.0 Å². The molecule has 3 rings (SSSR count). The van der Waals surface area contributed by atoms with Crippen molar-refractivity contribution in [3.63, 3.8) is 0 Å². The van der Waals surface area contributed by atoms with Crippen LogP contribution in [0.5, 0.6) is 5.75 Å². The van der Waals surface area contributed by atoms with Crippen LogP contribution in [0.2, 0.25) is 0 Å². The lowest BCUT2D eigenvalue weighted by Gasteiger charge is -2.16. The summed E-state index contributed by atoms with van der Waals surface area (Å²) in [6, 6.07) is 14.8. The van der Waals surface area contributed by atoms with Crippen LogP contribution >= 0.6 is 0 Å². The standard InChI is InChI=1S/C23H30N4O3S/c1-3-16-30-22-9-5-4-8-20(22)18-26-23(24-2)25-17-19-10-12-21(13-11-19)31(28,29)27-14-6-7-15-27/h3-5,8-13H,1,6-7,14-18H2,2H3,(H2,24,25,26). The van der Waals surface area contributed by atoms with Crippen molar-refractivity contribution in [3.05, 3.63) is 72.3 Å². The van der Waals surface area contributed by atoms with Gasteiger partial charge in [0.05, 0.1) is 4.90 Å². The molecule has 2 aromatic carbocycles. The molecular formula is C23H30N4O3S. The normalized spacial score (nSPS) is 14.9. The first kappa shape index (κ1) is 22.8. The molecule has 2 N–H and O–H groups in total. The number of nitrogens with zero attached hydrogens (tertiary/aromatic N) is 2. The highest BCUT2D eigenvalue weighted by Gasteiger charge is 2.26. The highest BCUT2D eigenvalue weighted by atomic mass is 32.2. The van der Waals surface area contributed by atoms with Crippen molar-refractivity contribution in [1.82, 2.24) is 14.9 Å². The number of hydrogen-bond acceptors (Lipinski definition) is 4. The van der Waals surface area contributed by atoms with E-state index in [1.165, 1.54) is 0 Å². The fraction of sp³-hybridized carbons (Fsp3) is 0.348. The van der Waals surface area contributed by atoms with Crippen LogP contribution in [0.25, 0.3) is 0 Å². The van der Waals surface area contributed by atoms with Gasteiger partial charge in [-0.05, 0) is 36.6 Å². The van der Waals surface area contributed by atoms with Crippen molar-refractivity contribution in [3.8, 4) is 5.75 Å². The van der Waals surface area contributed by atoms with Crippen molar-refractivity contribution in [2.45, 2.75) is 30.8 Å². The third-order valence-corrected chi connectivity index (χ3v) is 7.00. The summed E-state index contributed by atoms with van der Waals surface area (Å²) in [7, 11) is -1.67. The molecule has 31 heavy (non-hydrogen) atoms. The van der Waals surface area contributed by atoms with E-state index >= 15 is 0 Å². The van der Waals surface area contributed by atoms with Crippen molar-refractivity contribution >= 4 is 16.0 Å². The summed E-state index contributed by atoms with van der Waals surface area (Å²) < 4.78 is 32.5. The topological polar surface area (TPSA) is 83.0 Å². The Morgan fingerprint density at radius 1 is 1.10 bits per heavy atom. The molecule has 7 nitrogen and oxygen atoms in total. The summed E-state index contributed by atoms with van der Waals surface area (Å²) in [5.74, 6) is 1.45. The number of hydrogen-bond donors (Lipinski definition) is 2. The van der Waals surface area contributed by atoms with Crippen molar-refractivity contribution in [2.75, 3.05) is 26.7 Å². The van der Waals surface area contributed by atoms with Crippen molar-refractivity contribution in [2.24, 2.45) is 4.99 Å². The van der Waals surface area contributed by atoms with Crippen LogP contribution < -0.4 is 15.4 Å². The van der Waals surface area contributed by atoms with E-state index in [0.717, 1.165) is 29.7 Å². The van der Waals surface area contributed by atoms with Crippen molar-refractivity contribution < 1.29 is 13.2 Å². The number of rotatable bonds is 9. The molecule has 166 valence electrons. The maximum absolute atomic E-state index is 12.6. The summed E-state index contributed by atoms with van der Waals surface area (Å²) in [6.07, 6.45) is 3.57. The third-order valence-electron chi connectivity index (χ3n) is 5.09. The van der Waals surface area contributed by atoms with Gasteiger partial charge in [0.1, 0.15) is 12.4 Å². The maximum atomic E-state index is 12.6. The van der Waals surface area contributed by atoms with Gasteiger partial charge in [-0.3, -0.25) is 4.99 Å². The van der Waals surface area contributed by atoms with E-state index < -0.39 is 10.0 Å². The van der Waals surface area contributed by atoms with Crippen LogP contribution in [-0.4, -0.2) is 45.4 Å². The lowest BCUT2D eigenvalue weighted by Crippen LogP contribution is -2.36. The van der Waals surface area contributed by atoms with E-state index in [1.54, 1.807) is 29.6 Å². The largest absolute Gasteiger partial charge is 0.489 e. The second-order valence-electron chi connectivity index (χ2n) is 7.24. The van der Waals surface area contributed by atoms with E-state index in [-0.39, 0.29) is 0 Å². The number of nitrogens with one attached hydrogen (secondary N) is 2. The van der Waals surface area contributed by atoms with Crippen LogP contribution in [-0.2, 0) is 23.1 Å². The van der Waals surface area contributed by atoms with Gasteiger partial charge in [-0.25, -0.2) is 8.42 Å². The molecule has 0 bridgehead atoms. The molecule has 1 heterocycles. The van der Waals surface area contributed by atoms with Gasteiger partial charge in [-0.2, -0.15) is 4.31 Å². The average Bonchev–Trinajstić information content (AvgIpc) is 3.35. The number of para-hydroxylation sites is 1. The van der Waals surface area contributed by atoms with Gasteiger partial charge in [-0.15, -0.1) is 0 Å². The summed E-state index contributed by atoms with van der Waals surface area (Å²) in [5, 5.41) is 6.53. The number of sulfonamides is 1. The Morgan fingerprint density at radius 2 is 1.77 bits per heavy atom. The zero-order valence-electron chi connectivity index (χ0n) is 17.9. The fourth-order valence-corrected chi connectivity index (χ4v) is 4.90.